The zero-order valence-corrected chi connectivity index (χ0v) is 22.2. The van der Waals surface area contributed by atoms with Crippen LogP contribution in [0.15, 0.2) is 83.8 Å². The minimum atomic E-state index is -3.81. The molecule has 0 radical (unpaired) electrons. The van der Waals surface area contributed by atoms with Gasteiger partial charge in [0.2, 0.25) is 21.8 Å². The molecule has 1 aliphatic heterocycles. The molecule has 186 valence electrons. The summed E-state index contributed by atoms with van der Waals surface area (Å²) in [6.07, 6.45) is 0.356. The number of nitrogens with two attached hydrogens (primary N) is 1. The van der Waals surface area contributed by atoms with Crippen LogP contribution in [0.5, 0.6) is 0 Å². The summed E-state index contributed by atoms with van der Waals surface area (Å²) in [7, 11) is -3.81. The zero-order valence-electron chi connectivity index (χ0n) is 19.2. The third kappa shape index (κ3) is 6.00. The lowest BCUT2D eigenvalue weighted by atomic mass is 10.1. The van der Waals surface area contributed by atoms with Crippen LogP contribution in [0.2, 0.25) is 0 Å². The number of imide groups is 1. The van der Waals surface area contributed by atoms with Crippen molar-refractivity contribution >= 4 is 56.0 Å². The number of primary sulfonamides is 1. The number of amides is 3. The fraction of sp³-hybridized carbons (Fsp3) is 0.192. The summed E-state index contributed by atoms with van der Waals surface area (Å²) in [5.74, 6) is -1.06. The summed E-state index contributed by atoms with van der Waals surface area (Å²) in [6.45, 7) is 0.185. The standard InChI is InChI=1S/C26H24IN3O5S/c27-20-8-10-21(11-9-20)30-25(32)17-23(26(30)33)29(24(31)16-19-4-2-1-3-5-19)15-14-18-6-12-22(13-7-18)36(28,34)35/h1-13,23H,14-17H2,(H2,28,34,35). The van der Waals surface area contributed by atoms with Gasteiger partial charge in [-0.25, -0.2) is 18.5 Å². The van der Waals surface area contributed by atoms with E-state index in [-0.39, 0.29) is 36.1 Å². The van der Waals surface area contributed by atoms with Gasteiger partial charge in [0.25, 0.3) is 5.91 Å². The fourth-order valence-corrected chi connectivity index (χ4v) is 5.02. The van der Waals surface area contributed by atoms with Crippen molar-refractivity contribution in [3.63, 3.8) is 0 Å². The molecule has 0 spiro atoms. The van der Waals surface area contributed by atoms with Gasteiger partial charge >= 0.3 is 0 Å². The van der Waals surface area contributed by atoms with E-state index in [2.05, 4.69) is 22.6 Å². The van der Waals surface area contributed by atoms with Crippen LogP contribution in [-0.2, 0) is 37.2 Å². The number of halogens is 1. The maximum absolute atomic E-state index is 13.4. The Balaban J connectivity index is 1.57. The first-order valence-corrected chi connectivity index (χ1v) is 13.8. The molecule has 1 heterocycles. The number of nitrogens with zero attached hydrogens (tertiary/aromatic N) is 2. The molecule has 10 heteroatoms. The van der Waals surface area contributed by atoms with Crippen molar-refractivity contribution in [3.05, 3.63) is 93.6 Å². The molecular weight excluding hydrogens is 593 g/mol. The molecule has 0 bridgehead atoms. The summed E-state index contributed by atoms with van der Waals surface area (Å²) in [5, 5.41) is 5.17. The molecular formula is C26H24IN3O5S. The Morgan fingerprint density at radius 2 is 1.58 bits per heavy atom. The van der Waals surface area contributed by atoms with Crippen molar-refractivity contribution in [3.8, 4) is 0 Å². The first-order valence-electron chi connectivity index (χ1n) is 11.2. The highest BCUT2D eigenvalue weighted by atomic mass is 127. The van der Waals surface area contributed by atoms with Crippen LogP contribution >= 0.6 is 22.6 Å². The molecule has 3 aromatic carbocycles. The third-order valence-electron chi connectivity index (χ3n) is 6.00. The van der Waals surface area contributed by atoms with Gasteiger partial charge in [0, 0.05) is 10.1 Å². The van der Waals surface area contributed by atoms with E-state index in [1.165, 1.54) is 17.0 Å². The Labute approximate surface area is 223 Å². The quantitative estimate of drug-likeness (QED) is 0.308. The predicted molar refractivity (Wildman–Crippen MR) is 143 cm³/mol. The molecule has 1 atom stereocenters. The number of rotatable bonds is 8. The smallest absolute Gasteiger partial charge is 0.257 e. The van der Waals surface area contributed by atoms with Crippen LogP contribution in [0.25, 0.3) is 0 Å². The van der Waals surface area contributed by atoms with E-state index in [9.17, 15) is 22.8 Å². The second-order valence-corrected chi connectivity index (χ2v) is 11.3. The summed E-state index contributed by atoms with van der Waals surface area (Å²) < 4.78 is 24.0. The van der Waals surface area contributed by atoms with Crippen molar-refractivity contribution in [2.24, 2.45) is 5.14 Å². The van der Waals surface area contributed by atoms with Gasteiger partial charge in [0.15, 0.2) is 0 Å². The Bertz CT molecular complexity index is 1380. The summed E-state index contributed by atoms with van der Waals surface area (Å²) in [6, 6.07) is 21.4. The van der Waals surface area contributed by atoms with Crippen LogP contribution in [0.4, 0.5) is 5.69 Å². The van der Waals surface area contributed by atoms with E-state index in [1.54, 1.807) is 24.3 Å². The lowest BCUT2D eigenvalue weighted by Gasteiger charge is -2.28. The van der Waals surface area contributed by atoms with E-state index in [0.717, 1.165) is 19.6 Å². The normalized spacial score (nSPS) is 15.8. The molecule has 1 aliphatic rings. The second kappa shape index (κ2) is 10.9. The highest BCUT2D eigenvalue weighted by molar-refractivity contribution is 14.1. The lowest BCUT2D eigenvalue weighted by molar-refractivity contribution is -0.137. The topological polar surface area (TPSA) is 118 Å². The number of anilines is 1. The van der Waals surface area contributed by atoms with E-state index in [0.29, 0.717) is 12.1 Å². The van der Waals surface area contributed by atoms with Gasteiger partial charge in [0.05, 0.1) is 23.4 Å². The highest BCUT2D eigenvalue weighted by Crippen LogP contribution is 2.27. The third-order valence-corrected chi connectivity index (χ3v) is 7.64. The van der Waals surface area contributed by atoms with Gasteiger partial charge in [-0.05, 0) is 76.5 Å². The zero-order chi connectivity index (χ0) is 25.9. The molecule has 3 amide bonds. The number of benzene rings is 3. The van der Waals surface area contributed by atoms with Gasteiger partial charge in [0.1, 0.15) is 6.04 Å². The van der Waals surface area contributed by atoms with Crippen molar-refractivity contribution in [1.82, 2.24) is 4.90 Å². The number of sulfonamides is 1. The number of hydrogen-bond donors (Lipinski definition) is 1. The minimum Gasteiger partial charge on any atom is -0.329 e. The van der Waals surface area contributed by atoms with E-state index in [1.807, 2.05) is 42.5 Å². The second-order valence-electron chi connectivity index (χ2n) is 8.45. The number of carbonyl (C=O) groups excluding carboxylic acids is 3. The summed E-state index contributed by atoms with van der Waals surface area (Å²) in [5.41, 5.74) is 2.05. The van der Waals surface area contributed by atoms with Crippen LogP contribution in [0.3, 0.4) is 0 Å². The van der Waals surface area contributed by atoms with Gasteiger partial charge < -0.3 is 4.90 Å². The largest absolute Gasteiger partial charge is 0.329 e. The molecule has 8 nitrogen and oxygen atoms in total. The van der Waals surface area contributed by atoms with E-state index >= 15 is 0 Å². The first-order chi connectivity index (χ1) is 17.1. The van der Waals surface area contributed by atoms with Crippen LogP contribution in [0.1, 0.15) is 17.5 Å². The van der Waals surface area contributed by atoms with Crippen LogP contribution in [-0.4, -0.2) is 43.6 Å². The predicted octanol–water partition coefficient (Wildman–Crippen LogP) is 2.88. The molecule has 0 aromatic heterocycles. The van der Waals surface area contributed by atoms with Gasteiger partial charge in [-0.15, -0.1) is 0 Å². The molecule has 1 saturated heterocycles. The van der Waals surface area contributed by atoms with Crippen LogP contribution < -0.4 is 10.0 Å². The van der Waals surface area contributed by atoms with Crippen molar-refractivity contribution < 1.29 is 22.8 Å². The maximum Gasteiger partial charge on any atom is 0.257 e. The Morgan fingerprint density at radius 3 is 2.19 bits per heavy atom. The van der Waals surface area contributed by atoms with Crippen molar-refractivity contribution in [2.75, 3.05) is 11.4 Å². The summed E-state index contributed by atoms with van der Waals surface area (Å²) in [4.78, 5) is 42.3. The van der Waals surface area contributed by atoms with E-state index in [4.69, 9.17) is 5.14 Å². The van der Waals surface area contributed by atoms with Gasteiger partial charge in [-0.2, -0.15) is 0 Å². The molecule has 3 aromatic rings. The van der Waals surface area contributed by atoms with Gasteiger partial charge in [-0.3, -0.25) is 14.4 Å². The van der Waals surface area contributed by atoms with Gasteiger partial charge in [-0.1, -0.05) is 42.5 Å². The number of carbonyl (C=O) groups is 3. The molecule has 1 unspecified atom stereocenters. The molecule has 0 saturated carbocycles. The Kier molecular flexibility index (Phi) is 7.86. The fourth-order valence-electron chi connectivity index (χ4n) is 4.14. The highest BCUT2D eigenvalue weighted by Gasteiger charge is 2.44. The Morgan fingerprint density at radius 1 is 0.944 bits per heavy atom. The molecule has 0 aliphatic carbocycles. The average molecular weight is 617 g/mol. The average Bonchev–Trinajstić information content (AvgIpc) is 3.14. The van der Waals surface area contributed by atoms with E-state index < -0.39 is 22.0 Å². The molecule has 1 fully saturated rings. The SMILES string of the molecule is NS(=O)(=O)c1ccc(CCN(C(=O)Cc2ccccc2)C2CC(=O)N(c3ccc(I)cc3)C2=O)cc1. The van der Waals surface area contributed by atoms with Crippen LogP contribution in [0, 0.1) is 3.57 Å². The molecule has 2 N–H and O–H groups in total. The number of hydrogen-bond acceptors (Lipinski definition) is 5. The molecule has 36 heavy (non-hydrogen) atoms. The Hall–Kier alpha value is -3.09. The first kappa shape index (κ1) is 26.0. The van der Waals surface area contributed by atoms with Crippen molar-refractivity contribution in [1.29, 1.82) is 0 Å². The molecule has 4 rings (SSSR count). The lowest BCUT2D eigenvalue weighted by Crippen LogP contribution is -2.47. The van der Waals surface area contributed by atoms with Crippen molar-refractivity contribution in [2.45, 2.75) is 30.2 Å². The summed E-state index contributed by atoms with van der Waals surface area (Å²) >= 11 is 2.15. The minimum absolute atomic E-state index is 0.00649. The maximum atomic E-state index is 13.4. The monoisotopic (exact) mass is 617 g/mol.